The molecule has 0 saturated heterocycles. The quantitative estimate of drug-likeness (QED) is 0.580. The van der Waals surface area contributed by atoms with E-state index in [1.807, 2.05) is 24.3 Å². The van der Waals surface area contributed by atoms with Crippen LogP contribution in [0.1, 0.15) is 20.7 Å². The summed E-state index contributed by atoms with van der Waals surface area (Å²) in [5.74, 6) is -1.09. The number of rotatable bonds is 6. The van der Waals surface area contributed by atoms with Gasteiger partial charge in [-0.2, -0.15) is 0 Å². The number of benzene rings is 3. The standard InChI is InChI=1S/C24H21FN2O4S/c1-30-12-11-27-19-9-8-16(26-23(28)15-7-10-20(31-2)18(25)13-15)14-22(19)32-21-6-4-3-5-17(21)24(27)29/h3-10,13-14H,11-12H2,1-2H3,(H,26,28). The Bertz CT molecular complexity index is 1180. The van der Waals surface area contributed by atoms with E-state index >= 15 is 0 Å². The van der Waals surface area contributed by atoms with Crippen LogP contribution in [0.5, 0.6) is 5.75 Å². The molecule has 0 aliphatic carbocycles. The van der Waals surface area contributed by atoms with E-state index in [9.17, 15) is 14.0 Å². The number of hydrogen-bond donors (Lipinski definition) is 1. The lowest BCUT2D eigenvalue weighted by molar-refractivity contribution is 0.0972. The molecule has 1 aliphatic rings. The highest BCUT2D eigenvalue weighted by Crippen LogP contribution is 2.42. The molecule has 0 fully saturated rings. The minimum atomic E-state index is -0.610. The van der Waals surface area contributed by atoms with Gasteiger partial charge in [0.05, 0.1) is 25.0 Å². The molecule has 3 aromatic carbocycles. The zero-order chi connectivity index (χ0) is 22.7. The second-order valence-electron chi connectivity index (χ2n) is 7.03. The minimum absolute atomic E-state index is 0.0717. The Morgan fingerprint density at radius 1 is 1.06 bits per heavy atom. The highest BCUT2D eigenvalue weighted by molar-refractivity contribution is 7.99. The van der Waals surface area contributed by atoms with Crippen LogP contribution in [0.2, 0.25) is 0 Å². The van der Waals surface area contributed by atoms with Crippen LogP contribution in [0.25, 0.3) is 0 Å². The fraction of sp³-hybridized carbons (Fsp3) is 0.167. The maximum absolute atomic E-state index is 14.0. The number of fused-ring (bicyclic) bond motifs is 2. The number of amides is 2. The van der Waals surface area contributed by atoms with Gasteiger partial charge in [-0.25, -0.2) is 4.39 Å². The molecule has 0 radical (unpaired) electrons. The van der Waals surface area contributed by atoms with Gasteiger partial charge in [-0.1, -0.05) is 23.9 Å². The average Bonchev–Trinajstić information content (AvgIpc) is 2.91. The highest BCUT2D eigenvalue weighted by atomic mass is 32.2. The molecule has 0 unspecified atom stereocenters. The summed E-state index contributed by atoms with van der Waals surface area (Å²) in [6, 6.07) is 16.8. The number of carbonyl (C=O) groups excluding carboxylic acids is 2. The monoisotopic (exact) mass is 452 g/mol. The van der Waals surface area contributed by atoms with Gasteiger partial charge >= 0.3 is 0 Å². The van der Waals surface area contributed by atoms with E-state index in [1.165, 1.54) is 31.0 Å². The number of nitrogens with zero attached hydrogens (tertiary/aromatic N) is 1. The molecule has 3 aromatic rings. The highest BCUT2D eigenvalue weighted by Gasteiger charge is 2.27. The predicted molar refractivity (Wildman–Crippen MR) is 121 cm³/mol. The van der Waals surface area contributed by atoms with Gasteiger partial charge in [-0.05, 0) is 48.5 Å². The van der Waals surface area contributed by atoms with Crippen molar-refractivity contribution < 1.29 is 23.5 Å². The van der Waals surface area contributed by atoms with Crippen LogP contribution in [-0.2, 0) is 4.74 Å². The number of carbonyl (C=O) groups is 2. The van der Waals surface area contributed by atoms with E-state index in [4.69, 9.17) is 9.47 Å². The molecule has 4 rings (SSSR count). The van der Waals surface area contributed by atoms with Crippen molar-refractivity contribution in [1.29, 1.82) is 0 Å². The van der Waals surface area contributed by atoms with Crippen molar-refractivity contribution in [2.24, 2.45) is 0 Å². The van der Waals surface area contributed by atoms with Crippen molar-refractivity contribution in [1.82, 2.24) is 0 Å². The number of nitrogens with one attached hydrogen (secondary N) is 1. The van der Waals surface area contributed by atoms with Crippen molar-refractivity contribution in [2.75, 3.05) is 37.6 Å². The number of ether oxygens (including phenoxy) is 2. The maximum Gasteiger partial charge on any atom is 0.259 e. The second kappa shape index (κ2) is 9.42. The molecule has 1 heterocycles. The van der Waals surface area contributed by atoms with Gasteiger partial charge in [0.25, 0.3) is 11.8 Å². The van der Waals surface area contributed by atoms with Gasteiger partial charge in [0.2, 0.25) is 0 Å². The summed E-state index contributed by atoms with van der Waals surface area (Å²) in [5.41, 5.74) is 2.06. The van der Waals surface area contributed by atoms with Crippen LogP contribution in [0.4, 0.5) is 15.8 Å². The second-order valence-corrected chi connectivity index (χ2v) is 8.12. The van der Waals surface area contributed by atoms with Crippen LogP contribution in [-0.4, -0.2) is 39.2 Å². The summed E-state index contributed by atoms with van der Waals surface area (Å²) < 4.78 is 24.1. The van der Waals surface area contributed by atoms with Crippen molar-refractivity contribution in [3.8, 4) is 5.75 Å². The minimum Gasteiger partial charge on any atom is -0.494 e. The molecule has 164 valence electrons. The van der Waals surface area contributed by atoms with Gasteiger partial charge in [0.1, 0.15) is 0 Å². The Kier molecular flexibility index (Phi) is 6.43. The zero-order valence-corrected chi connectivity index (χ0v) is 18.4. The third-order valence-electron chi connectivity index (χ3n) is 5.02. The molecular formula is C24H21FN2O4S. The lowest BCUT2D eigenvalue weighted by Gasteiger charge is -2.23. The summed E-state index contributed by atoms with van der Waals surface area (Å²) in [4.78, 5) is 29.2. The van der Waals surface area contributed by atoms with E-state index in [0.717, 1.165) is 21.5 Å². The van der Waals surface area contributed by atoms with Crippen molar-refractivity contribution in [3.05, 3.63) is 77.6 Å². The van der Waals surface area contributed by atoms with Gasteiger partial charge in [0.15, 0.2) is 11.6 Å². The molecule has 0 bridgehead atoms. The van der Waals surface area contributed by atoms with E-state index in [0.29, 0.717) is 24.4 Å². The Balaban J connectivity index is 1.66. The Hall–Kier alpha value is -3.36. The molecule has 0 aromatic heterocycles. The Morgan fingerprint density at radius 3 is 2.62 bits per heavy atom. The molecule has 1 aliphatic heterocycles. The van der Waals surface area contributed by atoms with Crippen LogP contribution < -0.4 is 15.0 Å². The number of anilines is 2. The van der Waals surface area contributed by atoms with E-state index in [2.05, 4.69) is 5.32 Å². The first-order valence-electron chi connectivity index (χ1n) is 9.88. The molecule has 6 nitrogen and oxygen atoms in total. The predicted octanol–water partition coefficient (Wildman–Crippen LogP) is 4.84. The summed E-state index contributed by atoms with van der Waals surface area (Å²) in [6.07, 6.45) is 0. The summed E-state index contributed by atoms with van der Waals surface area (Å²) in [7, 11) is 2.96. The SMILES string of the molecule is COCCN1C(=O)c2ccccc2Sc2cc(NC(=O)c3ccc(OC)c(F)c3)ccc21. The van der Waals surface area contributed by atoms with Gasteiger partial charge in [0, 0.05) is 34.7 Å². The Labute approximate surface area is 189 Å². The molecule has 0 saturated carbocycles. The first kappa shape index (κ1) is 21.9. The number of halogens is 1. The molecule has 0 spiro atoms. The van der Waals surface area contributed by atoms with Crippen LogP contribution >= 0.6 is 11.8 Å². The smallest absolute Gasteiger partial charge is 0.259 e. The molecule has 2 amide bonds. The first-order chi connectivity index (χ1) is 15.5. The van der Waals surface area contributed by atoms with E-state index in [1.54, 1.807) is 30.2 Å². The third kappa shape index (κ3) is 4.32. The normalized spacial score (nSPS) is 12.6. The van der Waals surface area contributed by atoms with Gasteiger partial charge in [-0.3, -0.25) is 9.59 Å². The van der Waals surface area contributed by atoms with Crippen LogP contribution in [0.3, 0.4) is 0 Å². The van der Waals surface area contributed by atoms with Gasteiger partial charge in [-0.15, -0.1) is 0 Å². The molecular weight excluding hydrogens is 431 g/mol. The topological polar surface area (TPSA) is 67.9 Å². The van der Waals surface area contributed by atoms with Gasteiger partial charge < -0.3 is 19.7 Å². The van der Waals surface area contributed by atoms with Crippen LogP contribution in [0, 0.1) is 5.82 Å². The summed E-state index contributed by atoms with van der Waals surface area (Å²) in [5, 5.41) is 2.80. The lowest BCUT2D eigenvalue weighted by Crippen LogP contribution is -2.33. The zero-order valence-electron chi connectivity index (χ0n) is 17.6. The fourth-order valence-corrected chi connectivity index (χ4v) is 4.54. The third-order valence-corrected chi connectivity index (χ3v) is 6.15. The number of methoxy groups -OCH3 is 2. The fourth-order valence-electron chi connectivity index (χ4n) is 3.42. The average molecular weight is 453 g/mol. The molecule has 0 atom stereocenters. The summed E-state index contributed by atoms with van der Waals surface area (Å²) >= 11 is 1.46. The molecule has 8 heteroatoms. The first-order valence-corrected chi connectivity index (χ1v) is 10.7. The van der Waals surface area contributed by atoms with Crippen molar-refractivity contribution in [2.45, 2.75) is 9.79 Å². The Morgan fingerprint density at radius 2 is 1.88 bits per heavy atom. The number of hydrogen-bond acceptors (Lipinski definition) is 5. The lowest BCUT2D eigenvalue weighted by atomic mass is 10.1. The molecule has 1 N–H and O–H groups in total. The maximum atomic E-state index is 14.0. The van der Waals surface area contributed by atoms with Crippen LogP contribution in [0.15, 0.2) is 70.5 Å². The van der Waals surface area contributed by atoms with E-state index in [-0.39, 0.29) is 17.2 Å². The summed E-state index contributed by atoms with van der Waals surface area (Å²) in [6.45, 7) is 0.785. The van der Waals surface area contributed by atoms with E-state index < -0.39 is 11.7 Å². The largest absolute Gasteiger partial charge is 0.494 e. The molecule has 32 heavy (non-hydrogen) atoms. The van der Waals surface area contributed by atoms with Crippen molar-refractivity contribution in [3.63, 3.8) is 0 Å². The van der Waals surface area contributed by atoms with Crippen molar-refractivity contribution >= 4 is 35.0 Å².